The van der Waals surface area contributed by atoms with E-state index in [0.29, 0.717) is 27.2 Å². The molecule has 0 aliphatic heterocycles. The minimum Gasteiger partial charge on any atom is -0.489 e. The van der Waals surface area contributed by atoms with Gasteiger partial charge in [0, 0.05) is 33.3 Å². The van der Waals surface area contributed by atoms with Crippen LogP contribution in [0.3, 0.4) is 0 Å². The van der Waals surface area contributed by atoms with Crippen molar-refractivity contribution < 1.29 is 18.3 Å². The van der Waals surface area contributed by atoms with Crippen molar-refractivity contribution in [3.8, 4) is 16.3 Å². The van der Waals surface area contributed by atoms with E-state index in [1.54, 1.807) is 53.9 Å². The Bertz CT molecular complexity index is 1230. The largest absolute Gasteiger partial charge is 0.489 e. The fourth-order valence-electron chi connectivity index (χ4n) is 2.77. The Labute approximate surface area is 186 Å². The van der Waals surface area contributed by atoms with E-state index in [-0.39, 0.29) is 18.1 Å². The molecule has 0 aliphatic carbocycles. The Hall–Kier alpha value is -3.29. The van der Waals surface area contributed by atoms with E-state index >= 15 is 0 Å². The SMILES string of the molecule is O=C(Nc1cccc(Cl)c1)c1csc(-c2ccc(OCc3ccc(F)cc3F)cc2)n1. The second-order valence-electron chi connectivity index (χ2n) is 6.55. The van der Waals surface area contributed by atoms with E-state index in [1.165, 1.54) is 23.5 Å². The highest BCUT2D eigenvalue weighted by molar-refractivity contribution is 7.13. The lowest BCUT2D eigenvalue weighted by Crippen LogP contribution is -2.12. The standard InChI is InChI=1S/C23H15ClF2N2O2S/c24-16-2-1-3-18(10-16)27-22(29)21-13-31-23(28-21)14-5-8-19(9-6-14)30-12-15-4-7-17(25)11-20(15)26/h1-11,13H,12H2,(H,27,29). The Morgan fingerprint density at radius 1 is 1.06 bits per heavy atom. The average molecular weight is 457 g/mol. The van der Waals surface area contributed by atoms with Gasteiger partial charge in [0.25, 0.3) is 5.91 Å². The molecule has 156 valence electrons. The van der Waals surface area contributed by atoms with Crippen molar-refractivity contribution in [1.29, 1.82) is 0 Å². The fourth-order valence-corrected chi connectivity index (χ4v) is 3.76. The highest BCUT2D eigenvalue weighted by Gasteiger charge is 2.13. The van der Waals surface area contributed by atoms with Crippen molar-refractivity contribution in [1.82, 2.24) is 4.98 Å². The third-order valence-corrected chi connectivity index (χ3v) is 5.46. The number of thiazole rings is 1. The Balaban J connectivity index is 1.40. The Morgan fingerprint density at radius 2 is 1.87 bits per heavy atom. The molecular weight excluding hydrogens is 442 g/mol. The summed E-state index contributed by atoms with van der Waals surface area (Å²) in [7, 11) is 0. The van der Waals surface area contributed by atoms with Crippen molar-refractivity contribution in [3.05, 3.63) is 100 Å². The number of nitrogens with zero attached hydrogens (tertiary/aromatic N) is 1. The molecule has 0 saturated carbocycles. The lowest BCUT2D eigenvalue weighted by atomic mass is 10.2. The molecule has 0 atom stereocenters. The minimum absolute atomic E-state index is 0.0173. The molecule has 0 saturated heterocycles. The number of hydrogen-bond donors (Lipinski definition) is 1. The number of rotatable bonds is 6. The molecule has 4 aromatic rings. The number of anilines is 1. The third-order valence-electron chi connectivity index (χ3n) is 4.33. The van der Waals surface area contributed by atoms with Crippen LogP contribution in [0.15, 0.2) is 72.1 Å². The molecule has 1 amide bonds. The van der Waals surface area contributed by atoms with E-state index in [4.69, 9.17) is 16.3 Å². The summed E-state index contributed by atoms with van der Waals surface area (Å²) in [5.74, 6) is -1.08. The normalized spacial score (nSPS) is 10.7. The Kier molecular flexibility index (Phi) is 6.25. The molecule has 1 heterocycles. The van der Waals surface area contributed by atoms with Gasteiger partial charge in [-0.2, -0.15) is 0 Å². The maximum atomic E-state index is 13.7. The zero-order valence-corrected chi connectivity index (χ0v) is 17.5. The van der Waals surface area contributed by atoms with Crippen LogP contribution in [0.1, 0.15) is 16.1 Å². The topological polar surface area (TPSA) is 51.2 Å². The van der Waals surface area contributed by atoms with E-state index < -0.39 is 11.6 Å². The molecule has 0 fully saturated rings. The summed E-state index contributed by atoms with van der Waals surface area (Å²) < 4.78 is 32.2. The van der Waals surface area contributed by atoms with Gasteiger partial charge < -0.3 is 10.1 Å². The molecule has 1 N–H and O–H groups in total. The van der Waals surface area contributed by atoms with Gasteiger partial charge in [-0.25, -0.2) is 13.8 Å². The van der Waals surface area contributed by atoms with Crippen molar-refractivity contribution in [2.45, 2.75) is 6.61 Å². The van der Waals surface area contributed by atoms with Gasteiger partial charge in [0.2, 0.25) is 0 Å². The first-order chi connectivity index (χ1) is 15.0. The van der Waals surface area contributed by atoms with Gasteiger partial charge in [-0.15, -0.1) is 11.3 Å². The summed E-state index contributed by atoms with van der Waals surface area (Å²) in [5, 5.41) is 5.64. The van der Waals surface area contributed by atoms with Crippen LogP contribution >= 0.6 is 22.9 Å². The number of carbonyl (C=O) groups excluding carboxylic acids is 1. The highest BCUT2D eigenvalue weighted by atomic mass is 35.5. The predicted molar refractivity (Wildman–Crippen MR) is 118 cm³/mol. The van der Waals surface area contributed by atoms with Crippen molar-refractivity contribution in [2.24, 2.45) is 0 Å². The molecule has 1 aromatic heterocycles. The van der Waals surface area contributed by atoms with Gasteiger partial charge in [0.05, 0.1) is 0 Å². The quantitative estimate of drug-likeness (QED) is 0.357. The molecule has 3 aromatic carbocycles. The van der Waals surface area contributed by atoms with Crippen LogP contribution in [-0.2, 0) is 6.61 Å². The van der Waals surface area contributed by atoms with Crippen LogP contribution in [0, 0.1) is 11.6 Å². The van der Waals surface area contributed by atoms with E-state index in [1.807, 2.05) is 0 Å². The number of aromatic nitrogens is 1. The molecule has 0 bridgehead atoms. The summed E-state index contributed by atoms with van der Waals surface area (Å²) in [6.07, 6.45) is 0. The smallest absolute Gasteiger partial charge is 0.275 e. The zero-order chi connectivity index (χ0) is 21.8. The van der Waals surface area contributed by atoms with Crippen LogP contribution in [-0.4, -0.2) is 10.9 Å². The summed E-state index contributed by atoms with van der Waals surface area (Å²) in [6.45, 7) is -0.0173. The number of amides is 1. The van der Waals surface area contributed by atoms with Crippen molar-refractivity contribution in [3.63, 3.8) is 0 Å². The minimum atomic E-state index is -0.650. The van der Waals surface area contributed by atoms with Crippen LogP contribution in [0.25, 0.3) is 10.6 Å². The van der Waals surface area contributed by atoms with Gasteiger partial charge in [-0.1, -0.05) is 17.7 Å². The number of hydrogen-bond acceptors (Lipinski definition) is 4. The molecule has 0 unspecified atom stereocenters. The van der Waals surface area contributed by atoms with Gasteiger partial charge in [0.15, 0.2) is 0 Å². The van der Waals surface area contributed by atoms with E-state index in [2.05, 4.69) is 10.3 Å². The summed E-state index contributed by atoms with van der Waals surface area (Å²) >= 11 is 7.27. The molecule has 4 rings (SSSR count). The van der Waals surface area contributed by atoms with Gasteiger partial charge in [0.1, 0.15) is 34.7 Å². The summed E-state index contributed by atoms with van der Waals surface area (Å²) in [5.41, 5.74) is 1.96. The lowest BCUT2D eigenvalue weighted by molar-refractivity contribution is 0.102. The number of nitrogens with one attached hydrogen (secondary N) is 1. The maximum absolute atomic E-state index is 13.7. The van der Waals surface area contributed by atoms with Crippen LogP contribution in [0.5, 0.6) is 5.75 Å². The maximum Gasteiger partial charge on any atom is 0.275 e. The fraction of sp³-hybridized carbons (Fsp3) is 0.0435. The van der Waals surface area contributed by atoms with E-state index in [9.17, 15) is 13.6 Å². The van der Waals surface area contributed by atoms with Crippen molar-refractivity contribution in [2.75, 3.05) is 5.32 Å². The number of halogens is 3. The number of benzene rings is 3. The summed E-state index contributed by atoms with van der Waals surface area (Å²) in [4.78, 5) is 16.8. The molecule has 4 nitrogen and oxygen atoms in total. The van der Waals surface area contributed by atoms with Gasteiger partial charge in [-0.3, -0.25) is 4.79 Å². The second-order valence-corrected chi connectivity index (χ2v) is 7.85. The highest BCUT2D eigenvalue weighted by Crippen LogP contribution is 2.27. The Morgan fingerprint density at radius 3 is 2.61 bits per heavy atom. The first-order valence-corrected chi connectivity index (χ1v) is 10.4. The molecule has 0 radical (unpaired) electrons. The lowest BCUT2D eigenvalue weighted by Gasteiger charge is -2.08. The van der Waals surface area contributed by atoms with Crippen molar-refractivity contribution >= 4 is 34.5 Å². The van der Waals surface area contributed by atoms with Crippen LogP contribution < -0.4 is 10.1 Å². The first kappa shape index (κ1) is 21.0. The monoisotopic (exact) mass is 456 g/mol. The van der Waals surface area contributed by atoms with Crippen LogP contribution in [0.4, 0.5) is 14.5 Å². The first-order valence-electron chi connectivity index (χ1n) is 9.17. The zero-order valence-electron chi connectivity index (χ0n) is 15.9. The molecule has 31 heavy (non-hydrogen) atoms. The predicted octanol–water partition coefficient (Wildman–Crippen LogP) is 6.57. The number of ether oxygens (including phenoxy) is 1. The summed E-state index contributed by atoms with van der Waals surface area (Å²) in [6, 6.07) is 17.3. The third kappa shape index (κ3) is 5.25. The average Bonchev–Trinajstić information content (AvgIpc) is 3.24. The molecule has 0 spiro atoms. The van der Waals surface area contributed by atoms with Crippen LogP contribution in [0.2, 0.25) is 5.02 Å². The number of carbonyl (C=O) groups is 1. The van der Waals surface area contributed by atoms with Gasteiger partial charge >= 0.3 is 0 Å². The van der Waals surface area contributed by atoms with Gasteiger partial charge in [-0.05, 0) is 54.6 Å². The molecule has 0 aliphatic rings. The van der Waals surface area contributed by atoms with E-state index in [0.717, 1.165) is 11.6 Å². The molecular formula is C23H15ClF2N2O2S. The molecule has 8 heteroatoms. The second kappa shape index (κ2) is 9.24.